The van der Waals surface area contributed by atoms with Crippen molar-refractivity contribution in [2.45, 2.75) is 43.4 Å². The molecule has 0 saturated carbocycles. The maximum absolute atomic E-state index is 13.9. The molecule has 6 heteroatoms. The Morgan fingerprint density at radius 3 is 2.64 bits per heavy atom. The third-order valence-electron chi connectivity index (χ3n) is 6.01. The van der Waals surface area contributed by atoms with Crippen molar-refractivity contribution in [3.63, 3.8) is 0 Å². The molecule has 0 spiro atoms. The molecule has 2 heterocycles. The number of rotatable bonds is 4. The van der Waals surface area contributed by atoms with Crippen LogP contribution in [0.3, 0.4) is 0 Å². The highest BCUT2D eigenvalue weighted by molar-refractivity contribution is 5.59. The van der Waals surface area contributed by atoms with E-state index in [1.165, 1.54) is 12.1 Å². The van der Waals surface area contributed by atoms with E-state index in [2.05, 4.69) is 5.32 Å². The zero-order valence-corrected chi connectivity index (χ0v) is 15.7. The van der Waals surface area contributed by atoms with Crippen LogP contribution in [-0.2, 0) is 10.7 Å². The van der Waals surface area contributed by atoms with Gasteiger partial charge in [-0.3, -0.25) is 0 Å². The Morgan fingerprint density at radius 2 is 2.00 bits per heavy atom. The molecular weight excluding hydrogens is 364 g/mol. The molecule has 1 saturated heterocycles. The van der Waals surface area contributed by atoms with Gasteiger partial charge in [0.15, 0.2) is 0 Å². The van der Waals surface area contributed by atoms with Crippen molar-refractivity contribution in [1.82, 2.24) is 0 Å². The molecule has 2 aliphatic heterocycles. The van der Waals surface area contributed by atoms with Crippen molar-refractivity contribution in [3.05, 3.63) is 65.2 Å². The summed E-state index contributed by atoms with van der Waals surface area (Å²) in [6, 6.07) is 14.4. The summed E-state index contributed by atoms with van der Waals surface area (Å²) >= 11 is 0. The van der Waals surface area contributed by atoms with E-state index in [0.717, 1.165) is 18.2 Å². The van der Waals surface area contributed by atoms with Gasteiger partial charge in [-0.15, -0.1) is 6.61 Å². The second-order valence-electron chi connectivity index (χ2n) is 7.95. The first kappa shape index (κ1) is 19.3. The second kappa shape index (κ2) is 7.10. The predicted molar refractivity (Wildman–Crippen MR) is 100 cm³/mol. The average Bonchev–Trinajstić information content (AvgIpc) is 2.72. The first-order valence-electron chi connectivity index (χ1n) is 9.57. The lowest BCUT2D eigenvalue weighted by molar-refractivity contribution is -0.415. The highest BCUT2D eigenvalue weighted by Gasteiger charge is 2.46. The summed E-state index contributed by atoms with van der Waals surface area (Å²) in [5, 5.41) is 25.1. The van der Waals surface area contributed by atoms with Gasteiger partial charge in [-0.05, 0) is 30.5 Å². The van der Waals surface area contributed by atoms with Gasteiger partial charge in [0.2, 0.25) is 0 Å². The van der Waals surface area contributed by atoms with Crippen LogP contribution in [0.4, 0.5) is 14.5 Å². The number of anilines is 1. The maximum Gasteiger partial charge on any atom is 0.270 e. The molecule has 150 valence electrons. The van der Waals surface area contributed by atoms with Crippen LogP contribution in [0.1, 0.15) is 48.6 Å². The third kappa shape index (κ3) is 3.30. The van der Waals surface area contributed by atoms with Gasteiger partial charge in [0.25, 0.3) is 5.92 Å². The molecule has 2 aromatic rings. The monoisotopic (exact) mass is 388 g/mol. The van der Waals surface area contributed by atoms with Crippen LogP contribution in [0, 0.1) is 5.92 Å². The minimum atomic E-state index is -2.97. The van der Waals surface area contributed by atoms with Gasteiger partial charge in [0.1, 0.15) is 0 Å². The molecule has 0 aromatic heterocycles. The van der Waals surface area contributed by atoms with Gasteiger partial charge < -0.3 is 20.3 Å². The Kier molecular flexibility index (Phi) is 4.89. The van der Waals surface area contributed by atoms with Gasteiger partial charge in [0.05, 0.1) is 24.4 Å². The molecular formula is C22H24F2NO3-. The van der Waals surface area contributed by atoms with Gasteiger partial charge in [-0.2, -0.15) is 0 Å². The number of aliphatic hydroxyl groups excluding tert-OH is 1. The van der Waals surface area contributed by atoms with Crippen LogP contribution >= 0.6 is 0 Å². The van der Waals surface area contributed by atoms with E-state index < -0.39 is 24.2 Å². The molecule has 4 nitrogen and oxygen atoms in total. The molecule has 0 bridgehead atoms. The quantitative estimate of drug-likeness (QED) is 0.841. The SMILES string of the molecule is CC(F)(F)c1ccc2c(c1)[C@H]1OC(C[O-])(CO)CC[C@H]1[C@H](c1ccccc1)N2. The molecule has 1 fully saturated rings. The van der Waals surface area contributed by atoms with Gasteiger partial charge in [0, 0.05) is 29.7 Å². The average molecular weight is 388 g/mol. The van der Waals surface area contributed by atoms with Crippen LogP contribution in [-0.4, -0.2) is 23.9 Å². The maximum atomic E-state index is 13.9. The summed E-state index contributed by atoms with van der Waals surface area (Å²) in [7, 11) is 0. The fraction of sp³-hybridized carbons (Fsp3) is 0.455. The van der Waals surface area contributed by atoms with Crippen LogP contribution in [0.5, 0.6) is 0 Å². The number of ether oxygens (including phenoxy) is 1. The van der Waals surface area contributed by atoms with Gasteiger partial charge >= 0.3 is 0 Å². The Balaban J connectivity index is 1.80. The van der Waals surface area contributed by atoms with Crippen molar-refractivity contribution in [3.8, 4) is 0 Å². The summed E-state index contributed by atoms with van der Waals surface area (Å²) in [6.45, 7) is -0.0656. The molecule has 4 rings (SSSR count). The standard InChI is InChI=1S/C22H24F2NO3/c1-21(23,24)15-7-8-18-17(11-15)20-16(9-10-22(12-26,13-27)28-20)19(25-18)14-5-3-2-4-6-14/h2-8,11,16,19-20,25-26H,9-10,12-13H2,1H3/q-1/t16-,19-,20-,22?/m0/s1. The fourth-order valence-electron chi connectivity index (χ4n) is 4.37. The highest BCUT2D eigenvalue weighted by Crippen LogP contribution is 2.52. The number of aliphatic hydroxyl groups is 1. The van der Waals surface area contributed by atoms with Gasteiger partial charge in [-0.25, -0.2) is 8.78 Å². The Bertz CT molecular complexity index is 833. The minimum absolute atomic E-state index is 0.0261. The van der Waals surface area contributed by atoms with E-state index in [4.69, 9.17) is 4.74 Å². The summed E-state index contributed by atoms with van der Waals surface area (Å²) in [5.74, 6) is -3.00. The molecule has 0 amide bonds. The number of alkyl halides is 2. The van der Waals surface area contributed by atoms with Crippen molar-refractivity contribution in [1.29, 1.82) is 0 Å². The summed E-state index contributed by atoms with van der Waals surface area (Å²) in [5.41, 5.74) is 1.18. The third-order valence-corrected chi connectivity index (χ3v) is 6.01. The Hall–Kier alpha value is -2.02. The fourth-order valence-corrected chi connectivity index (χ4v) is 4.37. The second-order valence-corrected chi connectivity index (χ2v) is 7.95. The van der Waals surface area contributed by atoms with Crippen LogP contribution in [0.25, 0.3) is 0 Å². The first-order chi connectivity index (χ1) is 13.4. The Labute approximate surface area is 163 Å². The Morgan fingerprint density at radius 1 is 1.25 bits per heavy atom. The number of hydrogen-bond donors (Lipinski definition) is 2. The van der Waals surface area contributed by atoms with Crippen molar-refractivity contribution < 1.29 is 23.7 Å². The van der Waals surface area contributed by atoms with E-state index in [1.807, 2.05) is 30.3 Å². The van der Waals surface area contributed by atoms with E-state index in [0.29, 0.717) is 18.4 Å². The minimum Gasteiger partial charge on any atom is -0.852 e. The summed E-state index contributed by atoms with van der Waals surface area (Å²) in [4.78, 5) is 0. The van der Waals surface area contributed by atoms with Gasteiger partial charge in [-0.1, -0.05) is 36.4 Å². The molecule has 28 heavy (non-hydrogen) atoms. The normalized spacial score (nSPS) is 29.5. The van der Waals surface area contributed by atoms with Crippen LogP contribution in [0.2, 0.25) is 0 Å². The molecule has 1 unspecified atom stereocenters. The highest BCUT2D eigenvalue weighted by atomic mass is 19.3. The van der Waals surface area contributed by atoms with E-state index >= 15 is 0 Å². The number of hydrogen-bond acceptors (Lipinski definition) is 4. The number of benzene rings is 2. The molecule has 2 aromatic carbocycles. The molecule has 0 aliphatic carbocycles. The largest absolute Gasteiger partial charge is 0.852 e. The zero-order chi connectivity index (χ0) is 19.9. The predicted octanol–water partition coefficient (Wildman–Crippen LogP) is 3.52. The lowest BCUT2D eigenvalue weighted by Gasteiger charge is -2.51. The summed E-state index contributed by atoms with van der Waals surface area (Å²) in [6.07, 6.45) is 0.572. The van der Waals surface area contributed by atoms with E-state index in [-0.39, 0.29) is 24.1 Å². The van der Waals surface area contributed by atoms with Crippen molar-refractivity contribution in [2.24, 2.45) is 5.92 Å². The van der Waals surface area contributed by atoms with Crippen LogP contribution < -0.4 is 10.4 Å². The number of halogens is 2. The topological polar surface area (TPSA) is 64.5 Å². The molecule has 0 radical (unpaired) electrons. The number of nitrogens with one attached hydrogen (secondary N) is 1. The van der Waals surface area contributed by atoms with Crippen molar-refractivity contribution >= 4 is 5.69 Å². The smallest absolute Gasteiger partial charge is 0.270 e. The number of fused-ring (bicyclic) bond motifs is 3. The molecule has 4 atom stereocenters. The van der Waals surface area contributed by atoms with Crippen molar-refractivity contribution in [2.75, 3.05) is 18.5 Å². The van der Waals surface area contributed by atoms with E-state index in [9.17, 15) is 19.0 Å². The lowest BCUT2D eigenvalue weighted by Crippen LogP contribution is -2.52. The zero-order valence-electron chi connectivity index (χ0n) is 15.7. The molecule has 2 aliphatic rings. The van der Waals surface area contributed by atoms with E-state index in [1.54, 1.807) is 6.07 Å². The summed E-state index contributed by atoms with van der Waals surface area (Å²) < 4.78 is 34.0. The first-order valence-corrected chi connectivity index (χ1v) is 9.57. The molecule has 2 N–H and O–H groups in total. The van der Waals surface area contributed by atoms with Crippen LogP contribution in [0.15, 0.2) is 48.5 Å². The lowest BCUT2D eigenvalue weighted by atomic mass is 9.74.